The highest BCUT2D eigenvalue weighted by Gasteiger charge is 2.53. The van der Waals surface area contributed by atoms with E-state index in [-0.39, 0.29) is 11.7 Å². The molecule has 0 saturated carbocycles. The molecule has 1 fully saturated rings. The van der Waals surface area contributed by atoms with Crippen LogP contribution in [-0.4, -0.2) is 24.6 Å². The zero-order valence-corrected chi connectivity index (χ0v) is 17.6. The minimum Gasteiger partial charge on any atom is -0.496 e. The van der Waals surface area contributed by atoms with Gasteiger partial charge in [0.2, 0.25) is 5.78 Å². The summed E-state index contributed by atoms with van der Waals surface area (Å²) in [5.41, 5.74) is 2.99. The second-order valence-corrected chi connectivity index (χ2v) is 7.82. The van der Waals surface area contributed by atoms with Gasteiger partial charge in [-0.3, -0.25) is 19.3 Å². The monoisotopic (exact) mass is 417 g/mol. The maximum absolute atomic E-state index is 13.1. The molecule has 0 N–H and O–H groups in total. The minimum atomic E-state index is -1.09. The predicted octanol–water partition coefficient (Wildman–Crippen LogP) is 4.45. The summed E-state index contributed by atoms with van der Waals surface area (Å²) in [5, 5.41) is 0. The van der Waals surface area contributed by atoms with Gasteiger partial charge in [0, 0.05) is 22.7 Å². The first-order chi connectivity index (χ1) is 14.9. The van der Waals surface area contributed by atoms with Gasteiger partial charge in [0.05, 0.1) is 25.7 Å². The van der Waals surface area contributed by atoms with E-state index in [1.807, 2.05) is 30.3 Å². The number of amides is 1. The fourth-order valence-electron chi connectivity index (χ4n) is 4.06. The summed E-state index contributed by atoms with van der Waals surface area (Å²) in [6.45, 7) is 3.48. The number of methoxy groups -OCH3 is 1. The number of furan rings is 1. The van der Waals surface area contributed by atoms with Gasteiger partial charge in [0.1, 0.15) is 17.5 Å². The van der Waals surface area contributed by atoms with Crippen LogP contribution >= 0.6 is 0 Å². The van der Waals surface area contributed by atoms with Crippen molar-refractivity contribution in [3.05, 3.63) is 72.7 Å². The normalized spacial score (nSPS) is 18.6. The molecule has 1 amide bonds. The van der Waals surface area contributed by atoms with Crippen molar-refractivity contribution in [2.45, 2.75) is 19.9 Å². The molecule has 1 aromatic heterocycles. The quantitative estimate of drug-likeness (QED) is 0.437. The van der Waals surface area contributed by atoms with Gasteiger partial charge in [-0.15, -0.1) is 0 Å². The summed E-state index contributed by atoms with van der Waals surface area (Å²) < 4.78 is 10.6. The molecule has 1 aliphatic rings. The average molecular weight is 417 g/mol. The van der Waals surface area contributed by atoms with Gasteiger partial charge < -0.3 is 9.15 Å². The maximum atomic E-state index is 13.1. The van der Waals surface area contributed by atoms with E-state index in [1.54, 1.807) is 50.6 Å². The third-order valence-electron chi connectivity index (χ3n) is 5.64. The fourth-order valence-corrected chi connectivity index (χ4v) is 4.06. The Balaban J connectivity index is 1.83. The highest BCUT2D eigenvalue weighted by molar-refractivity contribution is 6.48. The molecule has 1 unspecified atom stereocenters. The molecule has 1 aliphatic heterocycles. The summed E-state index contributed by atoms with van der Waals surface area (Å²) in [7, 11) is 1.53. The van der Waals surface area contributed by atoms with Gasteiger partial charge in [0.15, 0.2) is 0 Å². The van der Waals surface area contributed by atoms with Crippen molar-refractivity contribution in [2.75, 3.05) is 12.0 Å². The molecule has 6 nitrogen and oxygen atoms in total. The van der Waals surface area contributed by atoms with E-state index < -0.39 is 23.7 Å². The fraction of sp³-hybridized carbons (Fsp3) is 0.240. The van der Waals surface area contributed by atoms with Crippen molar-refractivity contribution in [1.29, 1.82) is 0 Å². The molecule has 2 atom stereocenters. The van der Waals surface area contributed by atoms with Gasteiger partial charge in [-0.1, -0.05) is 44.2 Å². The summed E-state index contributed by atoms with van der Waals surface area (Å²) in [4.78, 5) is 40.6. The molecule has 4 rings (SSSR count). The molecule has 0 aliphatic carbocycles. The van der Waals surface area contributed by atoms with E-state index in [4.69, 9.17) is 9.15 Å². The van der Waals surface area contributed by atoms with E-state index in [1.165, 1.54) is 12.0 Å². The molecule has 1 saturated heterocycles. The summed E-state index contributed by atoms with van der Waals surface area (Å²) in [6.07, 6.45) is 3.22. The third-order valence-corrected chi connectivity index (χ3v) is 5.64. The van der Waals surface area contributed by atoms with Crippen LogP contribution < -0.4 is 9.64 Å². The Morgan fingerprint density at radius 1 is 1.00 bits per heavy atom. The van der Waals surface area contributed by atoms with Crippen LogP contribution in [0.15, 0.2) is 71.5 Å². The highest BCUT2D eigenvalue weighted by Crippen LogP contribution is 2.44. The molecule has 3 aromatic rings. The first-order valence-electron chi connectivity index (χ1n) is 10.1. The minimum absolute atomic E-state index is 0.258. The number of ketones is 2. The van der Waals surface area contributed by atoms with Crippen LogP contribution in [0.2, 0.25) is 0 Å². The second-order valence-electron chi connectivity index (χ2n) is 7.82. The number of carbonyl (C=O) groups is 3. The number of benzene rings is 2. The van der Waals surface area contributed by atoms with Crippen molar-refractivity contribution in [3.63, 3.8) is 0 Å². The molecule has 0 radical (unpaired) electrons. The van der Waals surface area contributed by atoms with E-state index in [0.717, 1.165) is 11.1 Å². The second kappa shape index (κ2) is 8.22. The van der Waals surface area contributed by atoms with E-state index in [2.05, 4.69) is 0 Å². The predicted molar refractivity (Wildman–Crippen MR) is 116 cm³/mol. The summed E-state index contributed by atoms with van der Waals surface area (Å²) in [5.74, 6) is -2.58. The van der Waals surface area contributed by atoms with Crippen molar-refractivity contribution in [1.82, 2.24) is 0 Å². The molecular formula is C25H23NO5. The van der Waals surface area contributed by atoms with Gasteiger partial charge in [-0.2, -0.15) is 0 Å². The van der Waals surface area contributed by atoms with Gasteiger partial charge in [-0.25, -0.2) is 0 Å². The molecule has 2 heterocycles. The first kappa shape index (κ1) is 20.6. The number of nitrogens with zero attached hydrogens (tertiary/aromatic N) is 1. The van der Waals surface area contributed by atoms with E-state index in [9.17, 15) is 14.4 Å². The number of hydrogen-bond donors (Lipinski definition) is 0. The van der Waals surface area contributed by atoms with E-state index >= 15 is 0 Å². The number of ether oxygens (including phenoxy) is 1. The standard InChI is InChI=1S/C25H23NO5/c1-15(2)23(27)21-22(19-6-4-5-7-20(19)30-3)26(25(29)24(21)28)18-10-8-16(9-11-18)17-12-13-31-14-17/h4-15,21-22H,1-3H3/t21?,22-/m1/s1. The Bertz CT molecular complexity index is 1120. The van der Waals surface area contributed by atoms with E-state index in [0.29, 0.717) is 17.0 Å². The van der Waals surface area contributed by atoms with Crippen LogP contribution in [0.1, 0.15) is 25.5 Å². The van der Waals surface area contributed by atoms with Crippen molar-refractivity contribution in [2.24, 2.45) is 11.8 Å². The molecular weight excluding hydrogens is 394 g/mol. The summed E-state index contributed by atoms with van der Waals surface area (Å²) in [6, 6.07) is 15.5. The number of rotatable bonds is 6. The zero-order chi connectivity index (χ0) is 22.1. The van der Waals surface area contributed by atoms with Crippen molar-refractivity contribution in [3.8, 4) is 16.9 Å². The Hall–Kier alpha value is -3.67. The van der Waals surface area contributed by atoms with Crippen LogP contribution in [0, 0.1) is 11.8 Å². The van der Waals surface area contributed by atoms with Gasteiger partial charge in [0.25, 0.3) is 5.91 Å². The zero-order valence-electron chi connectivity index (χ0n) is 17.6. The molecule has 0 bridgehead atoms. The number of para-hydroxylation sites is 1. The van der Waals surface area contributed by atoms with Crippen molar-refractivity contribution < 1.29 is 23.5 Å². The smallest absolute Gasteiger partial charge is 0.295 e. The first-order valence-corrected chi connectivity index (χ1v) is 10.1. The lowest BCUT2D eigenvalue weighted by molar-refractivity contribution is -0.139. The van der Waals surface area contributed by atoms with Crippen LogP contribution in [0.5, 0.6) is 5.75 Å². The number of anilines is 1. The lowest BCUT2D eigenvalue weighted by Crippen LogP contribution is -2.32. The highest BCUT2D eigenvalue weighted by atomic mass is 16.5. The summed E-state index contributed by atoms with van der Waals surface area (Å²) >= 11 is 0. The Morgan fingerprint density at radius 3 is 2.32 bits per heavy atom. The average Bonchev–Trinajstić information content (AvgIpc) is 3.41. The Kier molecular flexibility index (Phi) is 5.46. The molecule has 6 heteroatoms. The number of carbonyl (C=O) groups excluding carboxylic acids is 3. The molecule has 31 heavy (non-hydrogen) atoms. The van der Waals surface area contributed by atoms with Crippen LogP contribution in [0.25, 0.3) is 11.1 Å². The van der Waals surface area contributed by atoms with Crippen LogP contribution in [0.4, 0.5) is 5.69 Å². The maximum Gasteiger partial charge on any atom is 0.295 e. The Morgan fingerprint density at radius 2 is 1.71 bits per heavy atom. The molecule has 2 aromatic carbocycles. The molecule has 158 valence electrons. The lowest BCUT2D eigenvalue weighted by Gasteiger charge is -2.29. The van der Waals surface area contributed by atoms with Gasteiger partial charge >= 0.3 is 0 Å². The van der Waals surface area contributed by atoms with Crippen molar-refractivity contribution >= 4 is 23.2 Å². The number of Topliss-reactive ketones (excluding diaryl/α,β-unsaturated/α-hetero) is 2. The van der Waals surface area contributed by atoms with Crippen LogP contribution in [0.3, 0.4) is 0 Å². The number of hydrogen-bond acceptors (Lipinski definition) is 5. The molecule has 0 spiro atoms. The topological polar surface area (TPSA) is 76.8 Å². The third kappa shape index (κ3) is 3.54. The lowest BCUT2D eigenvalue weighted by atomic mass is 9.84. The Labute approximate surface area is 180 Å². The largest absolute Gasteiger partial charge is 0.496 e. The van der Waals surface area contributed by atoms with Crippen LogP contribution in [-0.2, 0) is 14.4 Å². The SMILES string of the molecule is COc1ccccc1[C@@H]1C(C(=O)C(C)C)C(=O)C(=O)N1c1ccc(-c2ccoc2)cc1. The van der Waals surface area contributed by atoms with Gasteiger partial charge in [-0.05, 0) is 29.8 Å².